The van der Waals surface area contributed by atoms with Crippen molar-refractivity contribution in [2.75, 3.05) is 23.7 Å². The maximum absolute atomic E-state index is 11.7. The molecule has 3 aromatic rings. The summed E-state index contributed by atoms with van der Waals surface area (Å²) in [5.41, 5.74) is 1.56. The first-order chi connectivity index (χ1) is 14.4. The summed E-state index contributed by atoms with van der Waals surface area (Å²) < 4.78 is 5.23. The molecule has 2 aromatic carbocycles. The lowest BCUT2D eigenvalue weighted by Crippen LogP contribution is -2.33. The molecular weight excluding hydrogens is 378 g/mol. The number of rotatable bonds is 8. The second-order valence-corrected chi connectivity index (χ2v) is 7.96. The van der Waals surface area contributed by atoms with E-state index in [1.807, 2.05) is 63.2 Å². The van der Waals surface area contributed by atoms with E-state index < -0.39 is 11.7 Å². The summed E-state index contributed by atoms with van der Waals surface area (Å²) in [5.74, 6) is 1.35. The number of hydrogen-bond acceptors (Lipinski definition) is 6. The Morgan fingerprint density at radius 2 is 1.67 bits per heavy atom. The average Bonchev–Trinajstić information content (AvgIpc) is 2.71. The van der Waals surface area contributed by atoms with Crippen LogP contribution in [0.3, 0.4) is 0 Å². The molecule has 7 heteroatoms. The lowest BCUT2D eigenvalue weighted by Gasteiger charge is -2.19. The van der Waals surface area contributed by atoms with Crippen LogP contribution in [0.1, 0.15) is 32.8 Å². The first-order valence-corrected chi connectivity index (χ1v) is 10.2. The van der Waals surface area contributed by atoms with E-state index in [-0.39, 0.29) is 0 Å². The molecule has 0 saturated heterocycles. The molecule has 0 spiro atoms. The van der Waals surface area contributed by atoms with Crippen molar-refractivity contribution < 1.29 is 9.53 Å². The van der Waals surface area contributed by atoms with Gasteiger partial charge in [-0.2, -0.15) is 4.98 Å². The fourth-order valence-electron chi connectivity index (χ4n) is 2.87. The fraction of sp³-hybridized carbons (Fsp3) is 0.348. The molecule has 0 bridgehead atoms. The van der Waals surface area contributed by atoms with Gasteiger partial charge in [-0.3, -0.25) is 0 Å². The van der Waals surface area contributed by atoms with E-state index in [1.165, 1.54) is 5.56 Å². The highest BCUT2D eigenvalue weighted by Crippen LogP contribution is 2.22. The third kappa shape index (κ3) is 6.62. The van der Waals surface area contributed by atoms with Gasteiger partial charge in [0.2, 0.25) is 5.95 Å². The number of benzene rings is 2. The van der Waals surface area contributed by atoms with E-state index in [2.05, 4.69) is 38.1 Å². The molecule has 30 heavy (non-hydrogen) atoms. The Balaban J connectivity index is 1.57. The second-order valence-electron chi connectivity index (χ2n) is 7.96. The minimum atomic E-state index is -0.496. The van der Waals surface area contributed by atoms with E-state index >= 15 is 0 Å². The number of carbonyl (C=O) groups excluding carboxylic acids is 1. The zero-order valence-electron chi connectivity index (χ0n) is 17.7. The smallest absolute Gasteiger partial charge is 0.407 e. The molecule has 0 atom stereocenters. The molecule has 0 radical (unpaired) electrons. The first kappa shape index (κ1) is 21.4. The minimum absolute atomic E-state index is 0.406. The Hall–Kier alpha value is -3.35. The molecule has 0 aliphatic carbocycles. The van der Waals surface area contributed by atoms with Crippen LogP contribution in [0, 0.1) is 0 Å². The van der Waals surface area contributed by atoms with Crippen molar-refractivity contribution in [3.63, 3.8) is 0 Å². The summed E-state index contributed by atoms with van der Waals surface area (Å²) in [6, 6.07) is 18.1. The Morgan fingerprint density at radius 3 is 2.43 bits per heavy atom. The average molecular weight is 408 g/mol. The topological polar surface area (TPSA) is 88.2 Å². The Morgan fingerprint density at radius 1 is 0.933 bits per heavy atom. The highest BCUT2D eigenvalue weighted by atomic mass is 16.6. The zero-order chi connectivity index (χ0) is 21.4. The molecule has 0 aliphatic rings. The summed E-state index contributed by atoms with van der Waals surface area (Å²) in [5, 5.41) is 10.4. The predicted molar refractivity (Wildman–Crippen MR) is 121 cm³/mol. The number of hydrogen-bond donors (Lipinski definition) is 3. The molecular formula is C23H29N5O2. The molecule has 3 N–H and O–H groups in total. The number of alkyl carbamates (subject to hydrolysis) is 1. The van der Waals surface area contributed by atoms with Gasteiger partial charge in [-0.25, -0.2) is 9.78 Å². The summed E-state index contributed by atoms with van der Waals surface area (Å²) in [4.78, 5) is 20.9. The van der Waals surface area contributed by atoms with Crippen molar-refractivity contribution >= 4 is 28.8 Å². The van der Waals surface area contributed by atoms with Crippen LogP contribution in [0.15, 0.2) is 54.6 Å². The molecule has 0 unspecified atom stereocenters. The van der Waals surface area contributed by atoms with Crippen LogP contribution in [-0.2, 0) is 11.3 Å². The van der Waals surface area contributed by atoms with Gasteiger partial charge in [0, 0.05) is 25.0 Å². The van der Waals surface area contributed by atoms with Crippen molar-refractivity contribution in [3.8, 4) is 0 Å². The number of ether oxygens (including phenoxy) is 1. The number of carbonyl (C=O) groups is 1. The lowest BCUT2D eigenvalue weighted by molar-refractivity contribution is 0.0528. The molecule has 158 valence electrons. The van der Waals surface area contributed by atoms with Gasteiger partial charge < -0.3 is 20.7 Å². The molecule has 1 amide bonds. The zero-order valence-corrected chi connectivity index (χ0v) is 17.7. The van der Waals surface area contributed by atoms with Gasteiger partial charge in [0.1, 0.15) is 11.4 Å². The maximum atomic E-state index is 11.7. The van der Waals surface area contributed by atoms with E-state index in [9.17, 15) is 4.79 Å². The monoisotopic (exact) mass is 407 g/mol. The second kappa shape index (κ2) is 9.91. The summed E-state index contributed by atoms with van der Waals surface area (Å²) in [7, 11) is 0. The number of anilines is 2. The van der Waals surface area contributed by atoms with Gasteiger partial charge >= 0.3 is 6.09 Å². The Kier molecular flexibility index (Phi) is 7.06. The SMILES string of the molecule is CC(C)(C)OC(=O)NCCCNc1nc(NCc2ccccc2)c2ccccc2n1. The van der Waals surface area contributed by atoms with Crippen molar-refractivity contribution in [2.45, 2.75) is 39.3 Å². The van der Waals surface area contributed by atoms with Gasteiger partial charge in [-0.1, -0.05) is 42.5 Å². The van der Waals surface area contributed by atoms with Crippen molar-refractivity contribution in [1.29, 1.82) is 0 Å². The quantitative estimate of drug-likeness (QED) is 0.474. The standard InChI is InChI=1S/C23H29N5O2/c1-23(2,3)30-22(29)25-15-9-14-24-21-27-19-13-8-7-12-18(19)20(28-21)26-16-17-10-5-4-6-11-17/h4-8,10-13H,9,14-16H2,1-3H3,(H,25,29)(H2,24,26,27,28). The Bertz CT molecular complexity index is 970. The summed E-state index contributed by atoms with van der Waals surface area (Å²) in [6.07, 6.45) is 0.319. The maximum Gasteiger partial charge on any atom is 0.407 e. The highest BCUT2D eigenvalue weighted by Gasteiger charge is 2.15. The normalized spacial score (nSPS) is 11.2. The summed E-state index contributed by atoms with van der Waals surface area (Å²) >= 11 is 0. The summed E-state index contributed by atoms with van der Waals surface area (Å²) in [6.45, 7) is 7.35. The van der Waals surface area contributed by atoms with E-state index in [4.69, 9.17) is 4.74 Å². The molecule has 0 saturated carbocycles. The number of amides is 1. The van der Waals surface area contributed by atoms with Crippen LogP contribution in [0.5, 0.6) is 0 Å². The van der Waals surface area contributed by atoms with Gasteiger partial charge in [0.25, 0.3) is 0 Å². The number of nitrogens with zero attached hydrogens (tertiary/aromatic N) is 2. The first-order valence-electron chi connectivity index (χ1n) is 10.2. The molecule has 3 rings (SSSR count). The van der Waals surface area contributed by atoms with Crippen LogP contribution >= 0.6 is 0 Å². The number of fused-ring (bicyclic) bond motifs is 1. The largest absolute Gasteiger partial charge is 0.444 e. The van der Waals surface area contributed by atoms with Crippen molar-refractivity contribution in [2.24, 2.45) is 0 Å². The molecule has 1 heterocycles. The number of aromatic nitrogens is 2. The predicted octanol–water partition coefficient (Wildman–Crippen LogP) is 4.57. The van der Waals surface area contributed by atoms with Crippen LogP contribution in [0.2, 0.25) is 0 Å². The van der Waals surface area contributed by atoms with Gasteiger partial charge in [-0.05, 0) is 44.9 Å². The number of para-hydroxylation sites is 1. The van der Waals surface area contributed by atoms with Crippen LogP contribution in [0.4, 0.5) is 16.6 Å². The highest BCUT2D eigenvalue weighted by molar-refractivity contribution is 5.90. The van der Waals surface area contributed by atoms with Gasteiger partial charge in [-0.15, -0.1) is 0 Å². The van der Waals surface area contributed by atoms with Gasteiger partial charge in [0.05, 0.1) is 5.52 Å². The van der Waals surface area contributed by atoms with Crippen molar-refractivity contribution in [3.05, 3.63) is 60.2 Å². The van der Waals surface area contributed by atoms with Crippen LogP contribution in [0.25, 0.3) is 10.9 Å². The van der Waals surface area contributed by atoms with Crippen LogP contribution in [-0.4, -0.2) is 34.8 Å². The fourth-order valence-corrected chi connectivity index (χ4v) is 2.87. The molecule has 1 aromatic heterocycles. The minimum Gasteiger partial charge on any atom is -0.444 e. The van der Waals surface area contributed by atoms with E-state index in [0.29, 0.717) is 25.6 Å². The lowest BCUT2D eigenvalue weighted by atomic mass is 10.2. The van der Waals surface area contributed by atoms with E-state index in [0.717, 1.165) is 23.1 Å². The third-order valence-corrected chi connectivity index (χ3v) is 4.21. The van der Waals surface area contributed by atoms with Crippen LogP contribution < -0.4 is 16.0 Å². The number of nitrogens with one attached hydrogen (secondary N) is 3. The van der Waals surface area contributed by atoms with E-state index in [1.54, 1.807) is 0 Å². The third-order valence-electron chi connectivity index (χ3n) is 4.21. The van der Waals surface area contributed by atoms with Crippen molar-refractivity contribution in [1.82, 2.24) is 15.3 Å². The molecule has 7 nitrogen and oxygen atoms in total. The Labute approximate surface area is 177 Å². The van der Waals surface area contributed by atoms with Gasteiger partial charge in [0.15, 0.2) is 0 Å². The molecule has 0 fully saturated rings. The molecule has 0 aliphatic heterocycles.